The summed E-state index contributed by atoms with van der Waals surface area (Å²) in [5, 5.41) is 14.8. The minimum Gasteiger partial charge on any atom is -0.332 e. The van der Waals surface area contributed by atoms with Crippen LogP contribution < -0.4 is 10.6 Å². The lowest BCUT2D eigenvalue weighted by atomic mass is 10.5. The maximum absolute atomic E-state index is 8.45. The smallest absolute Gasteiger partial charge is 0.182 e. The Bertz CT molecular complexity index is 533. The van der Waals surface area contributed by atoms with E-state index >= 15 is 0 Å². The first-order chi connectivity index (χ1) is 7.78. The first-order valence-electron chi connectivity index (χ1n) is 4.27. The predicted octanol–water partition coefficient (Wildman–Crippen LogP) is 2.83. The van der Waals surface area contributed by atoms with Crippen LogP contribution in [0, 0.1) is 11.5 Å². The number of thiophene rings is 1. The number of aromatic nitrogens is 2. The molecule has 0 aliphatic heterocycles. The third-order valence-corrected chi connectivity index (χ3v) is 2.82. The molecule has 2 rings (SSSR count). The van der Waals surface area contributed by atoms with Crippen molar-refractivity contribution in [3.8, 4) is 6.19 Å². The van der Waals surface area contributed by atoms with E-state index in [9.17, 15) is 0 Å². The van der Waals surface area contributed by atoms with Gasteiger partial charge in [-0.05, 0) is 12.1 Å². The Morgan fingerprint density at radius 2 is 2.12 bits per heavy atom. The molecular formula is C9H6ClN5S. The molecule has 16 heavy (non-hydrogen) atoms. The van der Waals surface area contributed by atoms with E-state index in [1.807, 2.05) is 6.07 Å². The highest BCUT2D eigenvalue weighted by Crippen LogP contribution is 2.28. The Balaban J connectivity index is 2.15. The van der Waals surface area contributed by atoms with E-state index in [0.29, 0.717) is 16.0 Å². The van der Waals surface area contributed by atoms with Crippen LogP contribution in [0.1, 0.15) is 0 Å². The van der Waals surface area contributed by atoms with Gasteiger partial charge in [-0.3, -0.25) is 5.32 Å². The van der Waals surface area contributed by atoms with Gasteiger partial charge in [0.1, 0.15) is 18.0 Å². The first-order valence-corrected chi connectivity index (χ1v) is 5.47. The zero-order valence-corrected chi connectivity index (χ0v) is 9.51. The molecule has 0 saturated carbocycles. The monoisotopic (exact) mass is 251 g/mol. The SMILES string of the molecule is N#CNc1cc(Nc2ccc(Cl)s2)ncn1. The van der Waals surface area contributed by atoms with Gasteiger partial charge in [-0.25, -0.2) is 9.97 Å². The van der Waals surface area contributed by atoms with Gasteiger partial charge in [-0.15, -0.1) is 11.3 Å². The molecule has 0 fully saturated rings. The maximum atomic E-state index is 8.45. The molecule has 0 aliphatic rings. The van der Waals surface area contributed by atoms with Gasteiger partial charge in [0.25, 0.3) is 0 Å². The van der Waals surface area contributed by atoms with Gasteiger partial charge in [0, 0.05) is 6.07 Å². The lowest BCUT2D eigenvalue weighted by Gasteiger charge is -2.02. The van der Waals surface area contributed by atoms with Crippen LogP contribution in [0.15, 0.2) is 24.5 Å². The molecule has 0 aromatic carbocycles. The molecule has 2 N–H and O–H groups in total. The molecule has 0 aliphatic carbocycles. The molecule has 2 aromatic rings. The highest BCUT2D eigenvalue weighted by molar-refractivity contribution is 7.19. The number of nitrogens with one attached hydrogen (secondary N) is 2. The molecular weight excluding hydrogens is 246 g/mol. The minimum atomic E-state index is 0.447. The van der Waals surface area contributed by atoms with E-state index in [0.717, 1.165) is 5.00 Å². The Morgan fingerprint density at radius 1 is 1.31 bits per heavy atom. The summed E-state index contributed by atoms with van der Waals surface area (Å²) in [6, 6.07) is 5.29. The number of hydrogen-bond donors (Lipinski definition) is 2. The molecule has 0 amide bonds. The van der Waals surface area contributed by atoms with Crippen LogP contribution in [0.3, 0.4) is 0 Å². The summed E-state index contributed by atoms with van der Waals surface area (Å²) in [5.74, 6) is 1.05. The summed E-state index contributed by atoms with van der Waals surface area (Å²) < 4.78 is 0.701. The molecule has 5 nitrogen and oxygen atoms in total. The first kappa shape index (κ1) is 10.7. The van der Waals surface area contributed by atoms with Gasteiger partial charge in [0.15, 0.2) is 6.19 Å². The zero-order chi connectivity index (χ0) is 11.4. The van der Waals surface area contributed by atoms with Gasteiger partial charge in [-0.2, -0.15) is 5.26 Å². The van der Waals surface area contributed by atoms with Crippen molar-refractivity contribution >= 4 is 39.6 Å². The van der Waals surface area contributed by atoms with Crippen LogP contribution in [0.5, 0.6) is 0 Å². The highest BCUT2D eigenvalue weighted by atomic mass is 35.5. The van der Waals surface area contributed by atoms with E-state index in [4.69, 9.17) is 16.9 Å². The number of halogens is 1. The van der Waals surface area contributed by atoms with Gasteiger partial charge < -0.3 is 5.32 Å². The fraction of sp³-hybridized carbons (Fsp3) is 0. The molecule has 0 unspecified atom stereocenters. The van der Waals surface area contributed by atoms with Crippen molar-refractivity contribution in [1.29, 1.82) is 5.26 Å². The van der Waals surface area contributed by atoms with Crippen molar-refractivity contribution in [2.45, 2.75) is 0 Å². The van der Waals surface area contributed by atoms with E-state index in [2.05, 4.69) is 20.6 Å². The fourth-order valence-corrected chi connectivity index (χ4v) is 2.01. The number of anilines is 3. The lowest BCUT2D eigenvalue weighted by molar-refractivity contribution is 1.17. The van der Waals surface area contributed by atoms with Crippen LogP contribution in [0.4, 0.5) is 16.6 Å². The Labute approximate surface area is 101 Å². The summed E-state index contributed by atoms with van der Waals surface area (Å²) in [6.07, 6.45) is 3.16. The zero-order valence-electron chi connectivity index (χ0n) is 7.94. The van der Waals surface area contributed by atoms with Crippen molar-refractivity contribution in [3.05, 3.63) is 28.9 Å². The summed E-state index contributed by atoms with van der Waals surface area (Å²) >= 11 is 7.21. The van der Waals surface area contributed by atoms with Crippen LogP contribution in [0.25, 0.3) is 0 Å². The average Bonchev–Trinajstić information content (AvgIpc) is 2.65. The van der Waals surface area contributed by atoms with Crippen molar-refractivity contribution in [2.24, 2.45) is 0 Å². The van der Waals surface area contributed by atoms with Gasteiger partial charge in [-0.1, -0.05) is 11.6 Å². The van der Waals surface area contributed by atoms with E-state index in [1.54, 1.807) is 18.3 Å². The van der Waals surface area contributed by atoms with Gasteiger partial charge in [0.05, 0.1) is 9.34 Å². The molecule has 80 valence electrons. The van der Waals surface area contributed by atoms with E-state index in [-0.39, 0.29) is 0 Å². The topological polar surface area (TPSA) is 73.6 Å². The van der Waals surface area contributed by atoms with Crippen molar-refractivity contribution in [1.82, 2.24) is 9.97 Å². The second-order valence-electron chi connectivity index (χ2n) is 2.75. The van der Waals surface area contributed by atoms with Crippen LogP contribution in [0.2, 0.25) is 4.34 Å². The highest BCUT2D eigenvalue weighted by Gasteiger charge is 2.01. The normalized spacial score (nSPS) is 9.50. The largest absolute Gasteiger partial charge is 0.332 e. The Hall–Kier alpha value is -1.84. The van der Waals surface area contributed by atoms with Crippen LogP contribution in [-0.4, -0.2) is 9.97 Å². The lowest BCUT2D eigenvalue weighted by Crippen LogP contribution is -1.96. The number of rotatable bonds is 3. The minimum absolute atomic E-state index is 0.447. The maximum Gasteiger partial charge on any atom is 0.182 e. The summed E-state index contributed by atoms with van der Waals surface area (Å²) in [5.41, 5.74) is 0. The fourth-order valence-electron chi connectivity index (χ4n) is 1.06. The number of nitriles is 1. The molecule has 2 heterocycles. The number of hydrogen-bond acceptors (Lipinski definition) is 6. The van der Waals surface area contributed by atoms with Crippen LogP contribution >= 0.6 is 22.9 Å². The van der Waals surface area contributed by atoms with E-state index < -0.39 is 0 Å². The van der Waals surface area contributed by atoms with Gasteiger partial charge >= 0.3 is 0 Å². The van der Waals surface area contributed by atoms with Gasteiger partial charge in [0.2, 0.25) is 0 Å². The molecule has 7 heteroatoms. The quantitative estimate of drug-likeness (QED) is 0.648. The molecule has 0 atom stereocenters. The molecule has 0 spiro atoms. The third-order valence-electron chi connectivity index (χ3n) is 1.68. The predicted molar refractivity (Wildman–Crippen MR) is 63.9 cm³/mol. The third kappa shape index (κ3) is 2.59. The van der Waals surface area contributed by atoms with Crippen molar-refractivity contribution in [3.63, 3.8) is 0 Å². The van der Waals surface area contributed by atoms with E-state index in [1.165, 1.54) is 17.7 Å². The standard InChI is InChI=1S/C9H6ClN5S/c10-6-1-2-9(16-6)15-8-3-7(12-4-11)13-5-14-8/h1-3,5H,(H2,12,13,14,15). The average molecular weight is 252 g/mol. The van der Waals surface area contributed by atoms with Crippen molar-refractivity contribution < 1.29 is 0 Å². The summed E-state index contributed by atoms with van der Waals surface area (Å²) in [4.78, 5) is 7.89. The summed E-state index contributed by atoms with van der Waals surface area (Å²) in [7, 11) is 0. The van der Waals surface area contributed by atoms with Crippen LogP contribution in [-0.2, 0) is 0 Å². The molecule has 2 aromatic heterocycles. The second-order valence-corrected chi connectivity index (χ2v) is 4.47. The number of nitrogens with zero attached hydrogens (tertiary/aromatic N) is 3. The second kappa shape index (κ2) is 4.79. The molecule has 0 saturated heterocycles. The van der Waals surface area contributed by atoms with Crippen molar-refractivity contribution in [2.75, 3.05) is 10.6 Å². The Morgan fingerprint density at radius 3 is 2.81 bits per heavy atom. The summed E-state index contributed by atoms with van der Waals surface area (Å²) in [6.45, 7) is 0. The molecule has 0 radical (unpaired) electrons. The molecule has 0 bridgehead atoms. The Kier molecular flexibility index (Phi) is 3.19.